The highest BCUT2D eigenvalue weighted by Crippen LogP contribution is 2.12. The molecule has 0 bridgehead atoms. The summed E-state index contributed by atoms with van der Waals surface area (Å²) in [5, 5.41) is 15.7. The van der Waals surface area contributed by atoms with Crippen LogP contribution >= 0.6 is 0 Å². The minimum Gasteiger partial charge on any atom is -0.461 e. The van der Waals surface area contributed by atoms with Crippen LogP contribution in [0.1, 0.15) is 124 Å². The molecular weight excluding hydrogens is 524 g/mol. The van der Waals surface area contributed by atoms with Crippen molar-refractivity contribution in [1.29, 1.82) is 0 Å². The molecule has 0 saturated carbocycles. The minimum atomic E-state index is -1.72. The average Bonchev–Trinajstić information content (AvgIpc) is 2.95. The van der Waals surface area contributed by atoms with E-state index in [0.717, 1.165) is 25.7 Å². The third-order valence-electron chi connectivity index (χ3n) is 6.51. The molecule has 0 radical (unpaired) electrons. The molecule has 0 aromatic heterocycles. The lowest BCUT2D eigenvalue weighted by Gasteiger charge is -2.22. The van der Waals surface area contributed by atoms with Crippen LogP contribution in [0.25, 0.3) is 0 Å². The third-order valence-corrected chi connectivity index (χ3v) is 6.51. The van der Waals surface area contributed by atoms with Crippen LogP contribution in [0.2, 0.25) is 0 Å². The van der Waals surface area contributed by atoms with Crippen LogP contribution in [0, 0.1) is 0 Å². The number of rotatable bonds is 26. The van der Waals surface area contributed by atoms with Crippen LogP contribution in [-0.4, -0.2) is 60.8 Å². The van der Waals surface area contributed by atoms with E-state index < -0.39 is 11.5 Å². The summed E-state index contributed by atoms with van der Waals surface area (Å²) in [7, 11) is 0. The normalized spacial score (nSPS) is 12.8. The standard InChI is InChI=1S/C32H56N2O7/c1-4-6-8-10-12-14-16-26-40-29(36)20-18-24-33-28(35)22-23-32(3,39)31(38)34-25-19-21-30(37)41-27-17-15-13-11-9-7-5-2/h14-17,39H,4-13,18-27H2,1-3H3,(H,33,35)(H,34,38)/b16-14-,17-15-. The van der Waals surface area contributed by atoms with Crippen molar-refractivity contribution in [3.63, 3.8) is 0 Å². The first-order chi connectivity index (χ1) is 19.7. The predicted octanol–water partition coefficient (Wildman–Crippen LogP) is 5.45. The highest BCUT2D eigenvalue weighted by Gasteiger charge is 2.30. The van der Waals surface area contributed by atoms with Gasteiger partial charge in [-0.05, 0) is 51.9 Å². The molecule has 0 saturated heterocycles. The number of carbonyl (C=O) groups is 4. The maximum absolute atomic E-state index is 12.3. The summed E-state index contributed by atoms with van der Waals surface area (Å²) in [6.45, 7) is 6.74. The monoisotopic (exact) mass is 580 g/mol. The Bertz CT molecular complexity index is 778. The fourth-order valence-electron chi connectivity index (χ4n) is 3.82. The number of esters is 2. The van der Waals surface area contributed by atoms with Crippen LogP contribution in [0.3, 0.4) is 0 Å². The molecule has 0 fully saturated rings. The molecule has 1 atom stereocenters. The molecule has 0 aliphatic carbocycles. The van der Waals surface area contributed by atoms with Gasteiger partial charge in [-0.15, -0.1) is 0 Å². The van der Waals surface area contributed by atoms with Crippen molar-refractivity contribution in [1.82, 2.24) is 10.6 Å². The highest BCUT2D eigenvalue weighted by atomic mass is 16.5. The first kappa shape index (κ1) is 38.3. The molecule has 3 N–H and O–H groups in total. The number of allylic oxidation sites excluding steroid dienone is 2. The molecule has 41 heavy (non-hydrogen) atoms. The Labute approximate surface area is 247 Å². The molecule has 9 nitrogen and oxygen atoms in total. The van der Waals surface area contributed by atoms with Gasteiger partial charge in [-0.25, -0.2) is 0 Å². The number of hydrogen-bond donors (Lipinski definition) is 3. The smallest absolute Gasteiger partial charge is 0.306 e. The second-order valence-corrected chi connectivity index (χ2v) is 10.6. The second kappa shape index (κ2) is 26.2. The molecule has 0 rings (SSSR count). The molecule has 0 aliphatic rings. The van der Waals surface area contributed by atoms with Crippen LogP contribution in [0.5, 0.6) is 0 Å². The summed E-state index contributed by atoms with van der Waals surface area (Å²) in [4.78, 5) is 48.0. The van der Waals surface area contributed by atoms with Crippen LogP contribution in [-0.2, 0) is 28.7 Å². The summed E-state index contributed by atoms with van der Waals surface area (Å²) in [5.74, 6) is -1.55. The van der Waals surface area contributed by atoms with E-state index in [2.05, 4.69) is 24.5 Å². The number of aliphatic hydroxyl groups is 1. The molecular formula is C32H56N2O7. The average molecular weight is 581 g/mol. The van der Waals surface area contributed by atoms with E-state index in [1.807, 2.05) is 24.3 Å². The summed E-state index contributed by atoms with van der Waals surface area (Å²) >= 11 is 0. The lowest BCUT2D eigenvalue weighted by Crippen LogP contribution is -2.45. The quantitative estimate of drug-likeness (QED) is 0.0704. The fraction of sp³-hybridized carbons (Fsp3) is 0.750. The van der Waals surface area contributed by atoms with Gasteiger partial charge >= 0.3 is 11.9 Å². The molecule has 0 aliphatic heterocycles. The van der Waals surface area contributed by atoms with Gasteiger partial charge in [0.05, 0.1) is 0 Å². The van der Waals surface area contributed by atoms with Crippen LogP contribution < -0.4 is 10.6 Å². The lowest BCUT2D eigenvalue weighted by atomic mass is 9.98. The summed E-state index contributed by atoms with van der Waals surface area (Å²) in [6, 6.07) is 0. The van der Waals surface area contributed by atoms with Gasteiger partial charge in [-0.3, -0.25) is 19.2 Å². The number of nitrogens with one attached hydrogen (secondary N) is 2. The molecule has 2 amide bonds. The first-order valence-electron chi connectivity index (χ1n) is 15.6. The molecule has 0 heterocycles. The Balaban J connectivity index is 3.86. The van der Waals surface area contributed by atoms with Gasteiger partial charge in [0.25, 0.3) is 5.91 Å². The van der Waals surface area contributed by atoms with Gasteiger partial charge in [-0.2, -0.15) is 0 Å². The lowest BCUT2D eigenvalue weighted by molar-refractivity contribution is -0.143. The zero-order valence-corrected chi connectivity index (χ0v) is 25.8. The molecule has 0 aromatic carbocycles. The Kier molecular flexibility index (Phi) is 24.5. The molecule has 0 spiro atoms. The van der Waals surface area contributed by atoms with Crippen molar-refractivity contribution < 1.29 is 33.8 Å². The minimum absolute atomic E-state index is 0.0354. The Morgan fingerprint density at radius 2 is 1.15 bits per heavy atom. The van der Waals surface area contributed by atoms with Crippen molar-refractivity contribution in [3.8, 4) is 0 Å². The third kappa shape index (κ3) is 24.8. The maximum Gasteiger partial charge on any atom is 0.306 e. The molecule has 9 heteroatoms. The van der Waals surface area contributed by atoms with Crippen LogP contribution in [0.15, 0.2) is 24.3 Å². The SMILES string of the molecule is CCCCCC/C=C\COC(=O)CCCNC(=O)CCC(C)(O)C(=O)NCCCC(=O)OC/C=C\CCCCCC. The number of ether oxygens (including phenoxy) is 2. The maximum atomic E-state index is 12.3. The van der Waals surface area contributed by atoms with Crippen molar-refractivity contribution in [2.24, 2.45) is 0 Å². The van der Waals surface area contributed by atoms with Gasteiger partial charge in [-0.1, -0.05) is 76.7 Å². The van der Waals surface area contributed by atoms with Gasteiger partial charge < -0.3 is 25.2 Å². The Morgan fingerprint density at radius 1 is 0.659 bits per heavy atom. The zero-order valence-electron chi connectivity index (χ0n) is 25.8. The van der Waals surface area contributed by atoms with Crippen molar-refractivity contribution in [2.75, 3.05) is 26.3 Å². The second-order valence-electron chi connectivity index (χ2n) is 10.6. The van der Waals surface area contributed by atoms with Crippen molar-refractivity contribution >= 4 is 23.8 Å². The number of amides is 2. The Morgan fingerprint density at radius 3 is 1.63 bits per heavy atom. The molecule has 0 aromatic rings. The van der Waals surface area contributed by atoms with E-state index in [4.69, 9.17) is 9.47 Å². The van der Waals surface area contributed by atoms with E-state index in [-0.39, 0.29) is 63.3 Å². The topological polar surface area (TPSA) is 131 Å². The summed E-state index contributed by atoms with van der Waals surface area (Å²) < 4.78 is 10.3. The van der Waals surface area contributed by atoms with Gasteiger partial charge in [0.1, 0.15) is 18.8 Å². The number of unbranched alkanes of at least 4 members (excludes halogenated alkanes) is 8. The molecule has 236 valence electrons. The van der Waals surface area contributed by atoms with Crippen molar-refractivity contribution in [3.05, 3.63) is 24.3 Å². The Hall–Kier alpha value is -2.68. The first-order valence-corrected chi connectivity index (χ1v) is 15.6. The highest BCUT2D eigenvalue weighted by molar-refractivity contribution is 5.85. The predicted molar refractivity (Wildman–Crippen MR) is 162 cm³/mol. The van der Waals surface area contributed by atoms with Crippen molar-refractivity contribution in [2.45, 2.75) is 129 Å². The number of carbonyl (C=O) groups excluding carboxylic acids is 4. The van der Waals surface area contributed by atoms with Gasteiger partial charge in [0.15, 0.2) is 0 Å². The van der Waals surface area contributed by atoms with E-state index in [1.165, 1.54) is 45.4 Å². The largest absolute Gasteiger partial charge is 0.461 e. The summed E-state index contributed by atoms with van der Waals surface area (Å²) in [5.41, 5.74) is -1.72. The summed E-state index contributed by atoms with van der Waals surface area (Å²) in [6.07, 6.45) is 20.5. The fourth-order valence-corrected chi connectivity index (χ4v) is 3.82. The molecule has 1 unspecified atom stereocenters. The van der Waals surface area contributed by atoms with E-state index in [1.54, 1.807) is 0 Å². The number of hydrogen-bond acceptors (Lipinski definition) is 7. The zero-order chi connectivity index (χ0) is 30.6. The van der Waals surface area contributed by atoms with Gasteiger partial charge in [0.2, 0.25) is 5.91 Å². The van der Waals surface area contributed by atoms with Crippen LogP contribution in [0.4, 0.5) is 0 Å². The van der Waals surface area contributed by atoms with E-state index in [0.29, 0.717) is 19.4 Å². The van der Waals surface area contributed by atoms with E-state index >= 15 is 0 Å². The van der Waals surface area contributed by atoms with E-state index in [9.17, 15) is 24.3 Å². The van der Waals surface area contributed by atoms with Gasteiger partial charge in [0, 0.05) is 32.4 Å².